The number of hydrogen-bond donors (Lipinski definition) is 1. The summed E-state index contributed by atoms with van der Waals surface area (Å²) in [6.45, 7) is 1.74. The molecule has 1 fully saturated rings. The highest BCUT2D eigenvalue weighted by molar-refractivity contribution is 7.80. The molecule has 1 unspecified atom stereocenters. The Morgan fingerprint density at radius 1 is 1.54 bits per heavy atom. The van der Waals surface area contributed by atoms with Gasteiger partial charge in [-0.1, -0.05) is 0 Å². The van der Waals surface area contributed by atoms with Crippen molar-refractivity contribution in [1.29, 1.82) is 0 Å². The Bertz CT molecular complexity index is 332. The van der Waals surface area contributed by atoms with E-state index in [0.29, 0.717) is 5.92 Å². The molecule has 1 aromatic rings. The average molecular weight is 196 g/mol. The number of rotatable bonds is 1. The van der Waals surface area contributed by atoms with Crippen molar-refractivity contribution >= 4 is 12.6 Å². The molecule has 0 saturated heterocycles. The molecule has 1 aliphatic heterocycles. The summed E-state index contributed by atoms with van der Waals surface area (Å²) in [6, 6.07) is 0. The minimum absolute atomic E-state index is 0.245. The third-order valence-corrected chi connectivity index (χ3v) is 2.94. The molecule has 13 heavy (non-hydrogen) atoms. The average Bonchev–Trinajstić information content (AvgIpc) is 2.86. The zero-order valence-electron chi connectivity index (χ0n) is 7.31. The number of nitrogens with zero attached hydrogens (tertiary/aromatic N) is 2. The second kappa shape index (κ2) is 2.75. The lowest BCUT2D eigenvalue weighted by Gasteiger charge is -2.23. The molecular weight excluding hydrogens is 184 g/mol. The van der Waals surface area contributed by atoms with Gasteiger partial charge in [-0.25, -0.2) is 4.98 Å². The number of imidazole rings is 1. The number of ether oxygens (including phenoxy) is 1. The molecule has 2 heterocycles. The number of hydrogen-bond acceptors (Lipinski definition) is 3. The fourth-order valence-electron chi connectivity index (χ4n) is 1.92. The van der Waals surface area contributed by atoms with Gasteiger partial charge in [0.25, 0.3) is 0 Å². The molecule has 1 aromatic heterocycles. The van der Waals surface area contributed by atoms with Crippen LogP contribution in [0.3, 0.4) is 0 Å². The maximum Gasteiger partial charge on any atom is 0.139 e. The predicted octanol–water partition coefficient (Wildman–Crippen LogP) is 1.65. The minimum atomic E-state index is 0.245. The summed E-state index contributed by atoms with van der Waals surface area (Å²) in [4.78, 5) is 4.40. The Labute approximate surface area is 82.5 Å². The fraction of sp³-hybridized carbons (Fsp3) is 0.667. The van der Waals surface area contributed by atoms with Gasteiger partial charge in [-0.15, -0.1) is 12.6 Å². The van der Waals surface area contributed by atoms with Gasteiger partial charge in [0.2, 0.25) is 0 Å². The molecule has 1 aliphatic carbocycles. The first-order valence-corrected chi connectivity index (χ1v) is 5.17. The van der Waals surface area contributed by atoms with E-state index in [0.717, 1.165) is 24.0 Å². The molecule has 0 N–H and O–H groups in total. The van der Waals surface area contributed by atoms with E-state index >= 15 is 0 Å². The molecule has 0 amide bonds. The molecule has 70 valence electrons. The van der Waals surface area contributed by atoms with Crippen molar-refractivity contribution in [1.82, 2.24) is 9.55 Å². The molecule has 0 spiro atoms. The monoisotopic (exact) mass is 196 g/mol. The summed E-state index contributed by atoms with van der Waals surface area (Å²) in [6.07, 6.45) is 4.82. The van der Waals surface area contributed by atoms with Crippen LogP contribution < -0.4 is 0 Å². The van der Waals surface area contributed by atoms with Gasteiger partial charge in [0.15, 0.2) is 0 Å². The van der Waals surface area contributed by atoms with E-state index in [4.69, 9.17) is 4.74 Å². The molecule has 4 heteroatoms. The largest absolute Gasteiger partial charge is 0.368 e. The van der Waals surface area contributed by atoms with Crippen molar-refractivity contribution in [3.05, 3.63) is 12.0 Å². The topological polar surface area (TPSA) is 27.1 Å². The highest BCUT2D eigenvalue weighted by atomic mass is 32.1. The molecule has 1 atom stereocenters. The third-order valence-electron chi connectivity index (χ3n) is 2.73. The van der Waals surface area contributed by atoms with Gasteiger partial charge < -0.3 is 9.30 Å². The molecule has 2 aliphatic rings. The predicted molar refractivity (Wildman–Crippen MR) is 50.9 cm³/mol. The van der Waals surface area contributed by atoms with E-state index in [9.17, 15) is 0 Å². The maximum absolute atomic E-state index is 5.72. The van der Waals surface area contributed by atoms with Crippen LogP contribution in [-0.2, 0) is 11.3 Å². The van der Waals surface area contributed by atoms with E-state index in [-0.39, 0.29) is 6.10 Å². The number of aromatic nitrogens is 2. The first-order valence-electron chi connectivity index (χ1n) is 4.72. The van der Waals surface area contributed by atoms with Gasteiger partial charge in [-0.3, -0.25) is 0 Å². The van der Waals surface area contributed by atoms with E-state index < -0.39 is 0 Å². The zero-order valence-corrected chi connectivity index (χ0v) is 8.20. The van der Waals surface area contributed by atoms with Crippen LogP contribution in [0, 0.1) is 5.92 Å². The quantitative estimate of drug-likeness (QED) is 0.691. The van der Waals surface area contributed by atoms with E-state index in [1.807, 2.05) is 6.20 Å². The maximum atomic E-state index is 5.72. The van der Waals surface area contributed by atoms with Crippen molar-refractivity contribution in [2.24, 2.45) is 5.92 Å². The first-order chi connectivity index (χ1) is 6.34. The molecule has 0 bridgehead atoms. The van der Waals surface area contributed by atoms with Crippen molar-refractivity contribution in [2.75, 3.05) is 6.61 Å². The van der Waals surface area contributed by atoms with Crippen LogP contribution in [-0.4, -0.2) is 16.2 Å². The van der Waals surface area contributed by atoms with Crippen LogP contribution in [0.5, 0.6) is 0 Å². The fourth-order valence-corrected chi connectivity index (χ4v) is 2.16. The summed E-state index contributed by atoms with van der Waals surface area (Å²) in [5.74, 6) is 1.80. The minimum Gasteiger partial charge on any atom is -0.368 e. The standard InChI is InChI=1S/C9H12N2OS/c13-7-5-11-3-4-12-8(6-1-2-6)9(11)10-7/h5-6,8,13H,1-4H2. The van der Waals surface area contributed by atoms with E-state index in [1.165, 1.54) is 12.8 Å². The Kier molecular flexibility index (Phi) is 1.67. The second-order valence-corrected chi connectivity index (χ2v) is 4.24. The third kappa shape index (κ3) is 1.28. The molecule has 1 saturated carbocycles. The molecule has 0 aromatic carbocycles. The van der Waals surface area contributed by atoms with Gasteiger partial charge >= 0.3 is 0 Å². The summed E-state index contributed by atoms with van der Waals surface area (Å²) in [5, 5.41) is 0.811. The van der Waals surface area contributed by atoms with Crippen molar-refractivity contribution in [3.8, 4) is 0 Å². The van der Waals surface area contributed by atoms with Gasteiger partial charge in [-0.2, -0.15) is 0 Å². The van der Waals surface area contributed by atoms with Crippen molar-refractivity contribution in [2.45, 2.75) is 30.5 Å². The normalized spacial score (nSPS) is 27.3. The van der Waals surface area contributed by atoms with Crippen LogP contribution in [0.2, 0.25) is 0 Å². The molecule has 0 radical (unpaired) electrons. The second-order valence-electron chi connectivity index (χ2n) is 3.78. The molecule has 3 rings (SSSR count). The highest BCUT2D eigenvalue weighted by Crippen LogP contribution is 2.44. The Hall–Kier alpha value is -0.480. The van der Waals surface area contributed by atoms with Gasteiger partial charge in [-0.05, 0) is 18.8 Å². The van der Waals surface area contributed by atoms with Crippen LogP contribution in [0.15, 0.2) is 11.2 Å². The first kappa shape index (κ1) is 7.88. The Morgan fingerprint density at radius 3 is 3.15 bits per heavy atom. The van der Waals surface area contributed by atoms with E-state index in [2.05, 4.69) is 22.2 Å². The summed E-state index contributed by atoms with van der Waals surface area (Å²) >= 11 is 4.25. The van der Waals surface area contributed by atoms with Crippen molar-refractivity contribution in [3.63, 3.8) is 0 Å². The van der Waals surface area contributed by atoms with Gasteiger partial charge in [0, 0.05) is 12.7 Å². The Balaban J connectivity index is 1.99. The Morgan fingerprint density at radius 2 is 2.38 bits per heavy atom. The van der Waals surface area contributed by atoms with Gasteiger partial charge in [0.1, 0.15) is 17.0 Å². The van der Waals surface area contributed by atoms with Crippen molar-refractivity contribution < 1.29 is 4.74 Å². The SMILES string of the molecule is Sc1cn2c(n1)C(C1CC1)OCC2. The number of thiol groups is 1. The molecular formula is C9H12N2OS. The zero-order chi connectivity index (χ0) is 8.84. The highest BCUT2D eigenvalue weighted by Gasteiger charge is 2.37. The lowest BCUT2D eigenvalue weighted by atomic mass is 10.2. The summed E-state index contributed by atoms with van der Waals surface area (Å²) < 4.78 is 7.90. The smallest absolute Gasteiger partial charge is 0.139 e. The van der Waals surface area contributed by atoms with Crippen LogP contribution in [0.25, 0.3) is 0 Å². The number of fused-ring (bicyclic) bond motifs is 1. The van der Waals surface area contributed by atoms with Crippen LogP contribution in [0.1, 0.15) is 24.8 Å². The molecule has 3 nitrogen and oxygen atoms in total. The summed E-state index contributed by atoms with van der Waals surface area (Å²) in [7, 11) is 0. The van der Waals surface area contributed by atoms with E-state index in [1.54, 1.807) is 0 Å². The van der Waals surface area contributed by atoms with Gasteiger partial charge in [0.05, 0.1) is 6.61 Å². The lowest BCUT2D eigenvalue weighted by molar-refractivity contribution is 0.00283. The summed E-state index contributed by atoms with van der Waals surface area (Å²) in [5.41, 5.74) is 0. The van der Waals surface area contributed by atoms with Crippen LogP contribution in [0.4, 0.5) is 0 Å². The van der Waals surface area contributed by atoms with Crippen LogP contribution >= 0.6 is 12.6 Å². The lowest BCUT2D eigenvalue weighted by Crippen LogP contribution is -2.22.